The molecule has 0 aliphatic heterocycles. The van der Waals surface area contributed by atoms with E-state index in [-0.39, 0.29) is 0 Å². The number of likely N-dealkylation sites (N-methyl/N-ethyl adjacent to an activating group) is 1. The lowest BCUT2D eigenvalue weighted by Gasteiger charge is -2.22. The van der Waals surface area contributed by atoms with Gasteiger partial charge in [-0.05, 0) is 26.8 Å². The van der Waals surface area contributed by atoms with Gasteiger partial charge in [0.05, 0.1) is 0 Å². The molecule has 0 bridgehead atoms. The fraction of sp³-hybridized carbons (Fsp3) is 0.750. The van der Waals surface area contributed by atoms with Crippen molar-refractivity contribution in [3.05, 3.63) is 11.6 Å². The molecule has 1 unspecified atom stereocenters. The van der Waals surface area contributed by atoms with Crippen LogP contribution in [0.4, 0.5) is 0 Å². The highest BCUT2D eigenvalue weighted by atomic mass is 16.4. The zero-order valence-corrected chi connectivity index (χ0v) is 10.3. The zero-order chi connectivity index (χ0) is 11.8. The predicted octanol–water partition coefficient (Wildman–Crippen LogP) is 2.53. The smallest absolute Gasteiger partial charge is 0.331 e. The van der Waals surface area contributed by atoms with Crippen LogP contribution in [0.3, 0.4) is 0 Å². The maximum absolute atomic E-state index is 10.8. The van der Waals surface area contributed by atoms with Gasteiger partial charge in [-0.25, -0.2) is 4.79 Å². The van der Waals surface area contributed by atoms with Gasteiger partial charge in [-0.3, -0.25) is 0 Å². The van der Waals surface area contributed by atoms with Crippen molar-refractivity contribution in [3.63, 3.8) is 0 Å². The first-order valence-electron chi connectivity index (χ1n) is 5.65. The van der Waals surface area contributed by atoms with Gasteiger partial charge in [-0.2, -0.15) is 0 Å². The van der Waals surface area contributed by atoms with E-state index in [1.54, 1.807) is 0 Å². The first-order valence-corrected chi connectivity index (χ1v) is 5.65. The quantitative estimate of drug-likeness (QED) is 0.661. The molecule has 0 saturated heterocycles. The average Bonchev–Trinajstić information content (AvgIpc) is 2.18. The maximum Gasteiger partial charge on any atom is 0.331 e. The first kappa shape index (κ1) is 14.2. The van der Waals surface area contributed by atoms with Crippen molar-refractivity contribution in [1.82, 2.24) is 4.90 Å². The van der Waals surface area contributed by atoms with E-state index in [1.165, 1.54) is 0 Å². The van der Waals surface area contributed by atoms with Gasteiger partial charge >= 0.3 is 5.97 Å². The normalized spacial score (nSPS) is 14.3. The molecule has 0 heterocycles. The molecule has 0 amide bonds. The number of rotatable bonds is 7. The summed E-state index contributed by atoms with van der Waals surface area (Å²) in [6.07, 6.45) is 4.72. The van der Waals surface area contributed by atoms with Crippen LogP contribution in [0.2, 0.25) is 0 Å². The molecule has 3 nitrogen and oxygen atoms in total. The van der Waals surface area contributed by atoms with Crippen LogP contribution in [0.5, 0.6) is 0 Å². The highest BCUT2D eigenvalue weighted by Crippen LogP contribution is 2.06. The number of hydrogen-bond acceptors (Lipinski definition) is 2. The van der Waals surface area contributed by atoms with Gasteiger partial charge in [0.25, 0.3) is 0 Å². The Balaban J connectivity index is 4.16. The lowest BCUT2D eigenvalue weighted by molar-refractivity contribution is -0.132. The minimum atomic E-state index is -0.797. The van der Waals surface area contributed by atoms with E-state index >= 15 is 0 Å². The molecular weight excluding hydrogens is 190 g/mol. The Morgan fingerprint density at radius 3 is 2.47 bits per heavy atom. The van der Waals surface area contributed by atoms with Gasteiger partial charge in [0.1, 0.15) is 0 Å². The van der Waals surface area contributed by atoms with Crippen LogP contribution in [0, 0.1) is 0 Å². The second-order valence-electron chi connectivity index (χ2n) is 3.97. The Bertz CT molecular complexity index is 224. The van der Waals surface area contributed by atoms with Gasteiger partial charge in [0, 0.05) is 18.2 Å². The molecular formula is C12H23NO2. The molecule has 0 aliphatic rings. The molecule has 0 saturated carbocycles. The van der Waals surface area contributed by atoms with Gasteiger partial charge in [0.15, 0.2) is 0 Å². The van der Waals surface area contributed by atoms with Crippen molar-refractivity contribution in [2.75, 3.05) is 13.6 Å². The molecule has 0 rings (SSSR count). The van der Waals surface area contributed by atoms with Crippen LogP contribution in [0.25, 0.3) is 0 Å². The Hall–Kier alpha value is -0.830. The number of carbonyl (C=O) groups is 1. The summed E-state index contributed by atoms with van der Waals surface area (Å²) in [6.45, 7) is 6.92. The van der Waals surface area contributed by atoms with E-state index in [2.05, 4.69) is 18.7 Å². The summed E-state index contributed by atoms with van der Waals surface area (Å²) in [6, 6.07) is 0.512. The third-order valence-electron chi connectivity index (χ3n) is 2.74. The molecule has 0 radical (unpaired) electrons. The van der Waals surface area contributed by atoms with E-state index in [0.29, 0.717) is 18.0 Å². The fourth-order valence-corrected chi connectivity index (χ4v) is 1.46. The second kappa shape index (κ2) is 7.46. The summed E-state index contributed by atoms with van der Waals surface area (Å²) in [4.78, 5) is 12.9. The van der Waals surface area contributed by atoms with E-state index in [9.17, 15) is 4.79 Å². The Morgan fingerprint density at radius 1 is 1.47 bits per heavy atom. The largest absolute Gasteiger partial charge is 0.478 e. The number of aliphatic carboxylic acids is 1. The number of carboxylic acids is 1. The third kappa shape index (κ3) is 5.57. The van der Waals surface area contributed by atoms with Crippen LogP contribution in [0.15, 0.2) is 11.6 Å². The lowest BCUT2D eigenvalue weighted by atomic mass is 10.1. The molecule has 0 aromatic rings. The molecule has 1 N–H and O–H groups in total. The third-order valence-corrected chi connectivity index (χ3v) is 2.74. The van der Waals surface area contributed by atoms with Crippen LogP contribution in [-0.4, -0.2) is 35.6 Å². The molecule has 0 aromatic heterocycles. The highest BCUT2D eigenvalue weighted by Gasteiger charge is 2.08. The zero-order valence-electron chi connectivity index (χ0n) is 10.3. The standard InChI is InChI=1S/C12H23NO2/c1-5-7-10(3)13(4)9-8-11(6-2)12(14)15/h8,10H,5-7,9H2,1-4H3,(H,14,15). The summed E-state index contributed by atoms with van der Waals surface area (Å²) in [7, 11) is 2.03. The summed E-state index contributed by atoms with van der Waals surface area (Å²) >= 11 is 0. The second-order valence-corrected chi connectivity index (χ2v) is 3.97. The predicted molar refractivity (Wildman–Crippen MR) is 63.0 cm³/mol. The Kier molecular flexibility index (Phi) is 7.05. The van der Waals surface area contributed by atoms with Crippen molar-refractivity contribution < 1.29 is 9.90 Å². The maximum atomic E-state index is 10.8. The molecule has 88 valence electrons. The molecule has 1 atom stereocenters. The SMILES string of the molecule is CCCC(C)N(C)CC=C(CC)C(=O)O. The minimum Gasteiger partial charge on any atom is -0.478 e. The van der Waals surface area contributed by atoms with Gasteiger partial charge < -0.3 is 10.0 Å². The van der Waals surface area contributed by atoms with E-state index in [4.69, 9.17) is 5.11 Å². The highest BCUT2D eigenvalue weighted by molar-refractivity contribution is 5.86. The van der Waals surface area contributed by atoms with Crippen LogP contribution in [0.1, 0.15) is 40.0 Å². The van der Waals surface area contributed by atoms with Gasteiger partial charge in [-0.1, -0.05) is 26.3 Å². The van der Waals surface area contributed by atoms with Gasteiger partial charge in [0.2, 0.25) is 0 Å². The van der Waals surface area contributed by atoms with Crippen molar-refractivity contribution >= 4 is 5.97 Å². The topological polar surface area (TPSA) is 40.5 Å². The number of nitrogens with zero attached hydrogens (tertiary/aromatic N) is 1. The molecule has 0 fully saturated rings. The average molecular weight is 213 g/mol. The molecule has 15 heavy (non-hydrogen) atoms. The Labute approximate surface area is 92.8 Å². The van der Waals surface area contributed by atoms with Crippen molar-refractivity contribution in [3.8, 4) is 0 Å². The van der Waals surface area contributed by atoms with Crippen molar-refractivity contribution in [1.29, 1.82) is 0 Å². The summed E-state index contributed by atoms with van der Waals surface area (Å²) in [5, 5.41) is 8.84. The molecule has 3 heteroatoms. The molecule has 0 aromatic carbocycles. The fourth-order valence-electron chi connectivity index (χ4n) is 1.46. The van der Waals surface area contributed by atoms with E-state index in [1.807, 2.05) is 20.0 Å². The summed E-state index contributed by atoms with van der Waals surface area (Å²) < 4.78 is 0. The summed E-state index contributed by atoms with van der Waals surface area (Å²) in [5.41, 5.74) is 0.505. The monoisotopic (exact) mass is 213 g/mol. The van der Waals surface area contributed by atoms with Gasteiger partial charge in [-0.15, -0.1) is 0 Å². The van der Waals surface area contributed by atoms with Crippen molar-refractivity contribution in [2.45, 2.75) is 46.1 Å². The van der Waals surface area contributed by atoms with Crippen LogP contribution < -0.4 is 0 Å². The number of carboxylic acid groups (broad SMARTS) is 1. The first-order chi connectivity index (χ1) is 7.02. The van der Waals surface area contributed by atoms with E-state index < -0.39 is 5.97 Å². The number of hydrogen-bond donors (Lipinski definition) is 1. The molecule has 0 aliphatic carbocycles. The summed E-state index contributed by atoms with van der Waals surface area (Å²) in [5.74, 6) is -0.797. The van der Waals surface area contributed by atoms with Crippen molar-refractivity contribution in [2.24, 2.45) is 0 Å². The lowest BCUT2D eigenvalue weighted by Crippen LogP contribution is -2.29. The van der Waals surface area contributed by atoms with Crippen LogP contribution >= 0.6 is 0 Å². The van der Waals surface area contributed by atoms with E-state index in [0.717, 1.165) is 19.4 Å². The minimum absolute atomic E-state index is 0.505. The Morgan fingerprint density at radius 2 is 2.07 bits per heavy atom. The molecule has 0 spiro atoms. The van der Waals surface area contributed by atoms with Crippen LogP contribution in [-0.2, 0) is 4.79 Å².